The van der Waals surface area contributed by atoms with Gasteiger partial charge >= 0.3 is 22.8 Å². The van der Waals surface area contributed by atoms with Gasteiger partial charge in [0.15, 0.2) is 0 Å². The molecule has 1 aliphatic carbocycles. The number of anilines is 4. The predicted octanol–water partition coefficient (Wildman–Crippen LogP) is 9.62. The number of nitrogens with zero attached hydrogens (tertiary/aromatic N) is 4. The summed E-state index contributed by atoms with van der Waals surface area (Å²) in [4.78, 5) is 107. The summed E-state index contributed by atoms with van der Waals surface area (Å²) < 4.78 is 23.4. The van der Waals surface area contributed by atoms with Crippen molar-refractivity contribution in [3.8, 4) is 5.69 Å². The molecular weight excluding hydrogens is 1120 g/mol. The highest BCUT2D eigenvalue weighted by molar-refractivity contribution is 5.42. The summed E-state index contributed by atoms with van der Waals surface area (Å²) in [5.41, 5.74) is 1.94. The van der Waals surface area contributed by atoms with Crippen molar-refractivity contribution in [1.82, 2.24) is 38.2 Å². The second kappa shape index (κ2) is 31.3. The Hall–Kier alpha value is -10.1. The lowest BCUT2D eigenvalue weighted by Crippen LogP contribution is -2.40. The summed E-state index contributed by atoms with van der Waals surface area (Å²) in [5, 5.41) is 12.6. The normalized spacial score (nSPS) is 13.1. The van der Waals surface area contributed by atoms with Crippen LogP contribution in [0.2, 0.25) is 0 Å². The van der Waals surface area contributed by atoms with Gasteiger partial charge < -0.3 is 26.0 Å². The summed E-state index contributed by atoms with van der Waals surface area (Å²) in [6, 6.07) is 48.4. The molecule has 0 unspecified atom stereocenters. The number of halogens is 1. The minimum Gasteiger partial charge on any atom is -0.382 e. The maximum atomic E-state index is 13.6. The van der Waals surface area contributed by atoms with E-state index in [1.807, 2.05) is 149 Å². The number of nitrogens with one attached hydrogen (secondary N) is 8. The molecule has 0 radical (unpaired) electrons. The fourth-order valence-corrected chi connectivity index (χ4v) is 9.78. The van der Waals surface area contributed by atoms with Crippen molar-refractivity contribution < 1.29 is 9.13 Å². The van der Waals surface area contributed by atoms with Gasteiger partial charge in [0.1, 0.15) is 29.1 Å². The van der Waals surface area contributed by atoms with Crippen LogP contribution >= 0.6 is 0 Å². The van der Waals surface area contributed by atoms with Gasteiger partial charge in [0.05, 0.1) is 18.3 Å². The molecule has 22 heteroatoms. The zero-order chi connectivity index (χ0) is 63.4. The van der Waals surface area contributed by atoms with Gasteiger partial charge in [-0.1, -0.05) is 128 Å². The molecule has 4 atom stereocenters. The lowest BCUT2D eigenvalue weighted by atomic mass is 9.93. The zero-order valence-electron chi connectivity index (χ0n) is 50.6. The fourth-order valence-electron chi connectivity index (χ4n) is 9.78. The molecule has 1 fully saturated rings. The van der Waals surface area contributed by atoms with Crippen molar-refractivity contribution >= 4 is 23.3 Å². The number of H-pyrrole nitrogens is 4. The van der Waals surface area contributed by atoms with Crippen LogP contribution < -0.4 is 66.3 Å². The Morgan fingerprint density at radius 1 is 0.511 bits per heavy atom. The van der Waals surface area contributed by atoms with E-state index in [-0.39, 0.29) is 70.0 Å². The third-order valence-corrected chi connectivity index (χ3v) is 14.5. The average molecular weight is 1200 g/mol. The molecular formula is C66H77FN12O9. The second-order valence-corrected chi connectivity index (χ2v) is 21.6. The first kappa shape index (κ1) is 65.5. The van der Waals surface area contributed by atoms with E-state index in [0.717, 1.165) is 58.6 Å². The maximum Gasteiger partial charge on any atom is 0.334 e. The van der Waals surface area contributed by atoms with Crippen LogP contribution in [0.5, 0.6) is 0 Å². The first-order valence-corrected chi connectivity index (χ1v) is 29.2. The second-order valence-electron chi connectivity index (χ2n) is 21.6. The van der Waals surface area contributed by atoms with Crippen LogP contribution in [-0.4, -0.2) is 51.9 Å². The minimum absolute atomic E-state index is 0.00766. The number of aromatic nitrogens is 8. The molecule has 0 amide bonds. The average Bonchev–Trinajstić information content (AvgIpc) is 3.63. The highest BCUT2D eigenvalue weighted by Crippen LogP contribution is 2.29. The molecule has 462 valence electrons. The first-order valence-electron chi connectivity index (χ1n) is 29.2. The number of aryl methyl sites for hydroxylation is 1. The topological polar surface area (TPSA) is 277 Å². The molecule has 0 bridgehead atoms. The Bertz CT molecular complexity index is 4070. The Morgan fingerprint density at radius 3 is 1.35 bits per heavy atom. The molecule has 5 aromatic carbocycles. The molecule has 1 aliphatic rings. The SMILES string of the molecule is CCCn1c(=O)cc(N[C@@H](C)c2ccccc2)[nH]c1=O.COC[C@H](Nc1cc(=O)n(C(C)C)c(=O)[nH]1)c1ccccc1.C[C@H](Nc1cc(=O)n(C2CCC2)c(=O)[nH]1)c1ccccc1.Cc1cc(F)cc(-n2c(=O)cc(N[C@@H](C)c3ccccc3)[nH]c2=O)c1. The van der Waals surface area contributed by atoms with Gasteiger partial charge in [0.2, 0.25) is 0 Å². The summed E-state index contributed by atoms with van der Waals surface area (Å²) in [6.45, 7) is 14.0. The van der Waals surface area contributed by atoms with Gasteiger partial charge in [0, 0.05) is 68.1 Å². The molecule has 88 heavy (non-hydrogen) atoms. The van der Waals surface area contributed by atoms with Crippen LogP contribution in [0.3, 0.4) is 0 Å². The summed E-state index contributed by atoms with van der Waals surface area (Å²) in [6.07, 6.45) is 3.66. The van der Waals surface area contributed by atoms with Gasteiger partial charge in [-0.15, -0.1) is 0 Å². The van der Waals surface area contributed by atoms with Gasteiger partial charge in [-0.2, -0.15) is 0 Å². The molecule has 8 N–H and O–H groups in total. The summed E-state index contributed by atoms with van der Waals surface area (Å²) in [7, 11) is 1.61. The van der Waals surface area contributed by atoms with Crippen molar-refractivity contribution in [2.75, 3.05) is 35.0 Å². The predicted molar refractivity (Wildman–Crippen MR) is 345 cm³/mol. The number of hydrogen-bond donors (Lipinski definition) is 8. The zero-order valence-corrected chi connectivity index (χ0v) is 50.6. The highest BCUT2D eigenvalue weighted by atomic mass is 19.1. The molecule has 9 aromatic rings. The third kappa shape index (κ3) is 18.0. The van der Waals surface area contributed by atoms with Crippen molar-refractivity contribution in [2.45, 2.75) is 117 Å². The van der Waals surface area contributed by atoms with Crippen LogP contribution in [0, 0.1) is 12.7 Å². The van der Waals surface area contributed by atoms with Gasteiger partial charge in [-0.25, -0.2) is 28.1 Å². The minimum atomic E-state index is -0.625. The molecule has 4 aromatic heterocycles. The molecule has 1 saturated carbocycles. The van der Waals surface area contributed by atoms with Crippen molar-refractivity contribution in [3.63, 3.8) is 0 Å². The lowest BCUT2D eigenvalue weighted by Gasteiger charge is -2.26. The molecule has 0 spiro atoms. The van der Waals surface area contributed by atoms with E-state index in [2.05, 4.69) is 41.2 Å². The van der Waals surface area contributed by atoms with E-state index in [9.17, 15) is 42.7 Å². The molecule has 4 heterocycles. The van der Waals surface area contributed by atoms with E-state index in [1.165, 1.54) is 44.0 Å². The number of aromatic amines is 4. The fraction of sp³-hybridized carbons (Fsp3) is 0.303. The monoisotopic (exact) mass is 1200 g/mol. The Kier molecular flexibility index (Phi) is 23.3. The quantitative estimate of drug-likeness (QED) is 0.0375. The first-order chi connectivity index (χ1) is 42.2. The van der Waals surface area contributed by atoms with Crippen LogP contribution in [-0.2, 0) is 11.3 Å². The Morgan fingerprint density at radius 2 is 0.943 bits per heavy atom. The molecule has 21 nitrogen and oxygen atoms in total. The summed E-state index contributed by atoms with van der Waals surface area (Å²) in [5.74, 6) is 1.12. The number of rotatable bonds is 19. The van der Waals surface area contributed by atoms with E-state index < -0.39 is 22.8 Å². The standard InChI is InChI=1S/C19H18FN3O2.C16H21N3O3.C16H19N3O2.C15H19N3O2/c1-12-8-15(20)10-16(9-12)23-18(24)11-17(22-19(23)25)21-13(2)14-6-4-3-5-7-14;1-11(2)19-15(20)9-14(18-16(19)21)17-13(10-22-3)12-7-5-4-6-8-12;1-11(12-6-3-2-4-7-12)17-14-10-15(20)19(16(21)18-14)13-8-5-9-13;1-3-9-18-14(19)10-13(17-15(18)20)16-11(2)12-7-5-4-6-8-12/h3-11,13,21H,1-2H3,(H,22,25);4-9,11,13,17H,10H2,1-3H3,(H,18,21);2-4,6-7,10-11,13,17H,5,8-9H2,1H3,(H,18,21);4-8,10-11,16H,3,9H2,1-2H3,(H,17,20)/t2*13-;2*11-/m0000/s1. The Balaban J connectivity index is 0.000000168. The van der Waals surface area contributed by atoms with Gasteiger partial charge in [0.25, 0.3) is 22.2 Å². The van der Waals surface area contributed by atoms with Crippen LogP contribution in [0.4, 0.5) is 27.7 Å². The van der Waals surface area contributed by atoms with E-state index in [4.69, 9.17) is 4.74 Å². The third-order valence-electron chi connectivity index (χ3n) is 14.5. The van der Waals surface area contributed by atoms with E-state index >= 15 is 0 Å². The van der Waals surface area contributed by atoms with Crippen LogP contribution in [0.25, 0.3) is 5.69 Å². The largest absolute Gasteiger partial charge is 0.382 e. The number of hydrogen-bond acceptors (Lipinski definition) is 13. The number of ether oxygens (including phenoxy) is 1. The number of benzene rings is 5. The van der Waals surface area contributed by atoms with Gasteiger partial charge in [-0.05, 0) is 113 Å². The highest BCUT2D eigenvalue weighted by Gasteiger charge is 2.23. The molecule has 0 saturated heterocycles. The smallest absolute Gasteiger partial charge is 0.334 e. The van der Waals surface area contributed by atoms with Crippen molar-refractivity contribution in [1.29, 1.82) is 0 Å². The molecule has 0 aliphatic heterocycles. The van der Waals surface area contributed by atoms with Gasteiger partial charge in [-0.3, -0.25) is 52.8 Å². The summed E-state index contributed by atoms with van der Waals surface area (Å²) >= 11 is 0. The Labute approximate surface area is 507 Å². The van der Waals surface area contributed by atoms with Crippen molar-refractivity contribution in [2.24, 2.45) is 0 Å². The van der Waals surface area contributed by atoms with Crippen molar-refractivity contribution in [3.05, 3.63) is 281 Å². The van der Waals surface area contributed by atoms with E-state index in [1.54, 1.807) is 33.9 Å². The van der Waals surface area contributed by atoms with E-state index in [0.29, 0.717) is 42.0 Å². The van der Waals surface area contributed by atoms with Crippen LogP contribution in [0.15, 0.2) is 202 Å². The molecule has 10 rings (SSSR count). The number of methoxy groups -OCH3 is 1. The maximum absolute atomic E-state index is 13.6. The lowest BCUT2D eigenvalue weighted by molar-refractivity contribution is 0.186. The van der Waals surface area contributed by atoms with Crippen LogP contribution in [0.1, 0.15) is 131 Å².